The third kappa shape index (κ3) is 5.04. The van der Waals surface area contributed by atoms with Crippen molar-refractivity contribution in [1.29, 1.82) is 0 Å². The first-order chi connectivity index (χ1) is 7.62. The number of nitrogens with zero attached hydrogens (tertiary/aromatic N) is 1. The lowest BCUT2D eigenvalue weighted by molar-refractivity contribution is -0.145. The molecule has 0 aromatic heterocycles. The molecule has 0 aromatic carbocycles. The Balaban J connectivity index is 2.56. The van der Waals surface area contributed by atoms with E-state index in [0.29, 0.717) is 12.6 Å². The van der Waals surface area contributed by atoms with E-state index in [0.717, 1.165) is 19.4 Å². The largest absolute Gasteiger partial charge is 0.480 e. The first kappa shape index (κ1) is 14.5. The second-order valence-corrected chi connectivity index (χ2v) is 6.79. The molecule has 2 N–H and O–H groups in total. The average Bonchev–Trinajstić information content (AvgIpc) is 2.83. The fourth-order valence-electron chi connectivity index (χ4n) is 2.26. The molecule has 1 rings (SSSR count). The van der Waals surface area contributed by atoms with Gasteiger partial charge in [-0.1, -0.05) is 20.8 Å². The van der Waals surface area contributed by atoms with Crippen LogP contribution in [0.15, 0.2) is 0 Å². The molecular weight excluding hydrogens is 216 g/mol. The van der Waals surface area contributed by atoms with E-state index in [1.807, 2.05) is 7.05 Å². The van der Waals surface area contributed by atoms with Gasteiger partial charge in [0.15, 0.2) is 0 Å². The molecule has 1 unspecified atom stereocenters. The van der Waals surface area contributed by atoms with Crippen LogP contribution in [-0.2, 0) is 4.79 Å². The van der Waals surface area contributed by atoms with Gasteiger partial charge in [0.1, 0.15) is 5.54 Å². The van der Waals surface area contributed by atoms with Crippen LogP contribution < -0.4 is 5.32 Å². The van der Waals surface area contributed by atoms with E-state index >= 15 is 0 Å². The van der Waals surface area contributed by atoms with Crippen LogP contribution in [0.5, 0.6) is 0 Å². The summed E-state index contributed by atoms with van der Waals surface area (Å²) in [6, 6.07) is 0.402. The van der Waals surface area contributed by atoms with Crippen molar-refractivity contribution < 1.29 is 9.90 Å². The number of hydrogen-bond donors (Lipinski definition) is 2. The molecule has 4 nitrogen and oxygen atoms in total. The number of likely N-dealkylation sites (N-methyl/N-ethyl adjacent to an activating group) is 1. The molecule has 0 aromatic rings. The Morgan fingerprint density at radius 3 is 2.18 bits per heavy atom. The van der Waals surface area contributed by atoms with E-state index < -0.39 is 11.5 Å². The molecule has 0 spiro atoms. The standard InChI is InChI=1S/C13H26N2O2/c1-12(2,3)8-15(5)9-13(4,11(16)17)14-10-6-7-10/h10,14H,6-9H2,1-5H3,(H,16,17). The molecule has 0 amide bonds. The summed E-state index contributed by atoms with van der Waals surface area (Å²) in [5.74, 6) is -0.759. The van der Waals surface area contributed by atoms with Crippen molar-refractivity contribution in [2.24, 2.45) is 5.41 Å². The van der Waals surface area contributed by atoms with Crippen molar-refractivity contribution in [2.75, 3.05) is 20.1 Å². The van der Waals surface area contributed by atoms with Crippen molar-refractivity contribution in [3.63, 3.8) is 0 Å². The van der Waals surface area contributed by atoms with Gasteiger partial charge in [-0.05, 0) is 32.2 Å². The van der Waals surface area contributed by atoms with Gasteiger partial charge in [0, 0.05) is 19.1 Å². The minimum atomic E-state index is -0.832. The lowest BCUT2D eigenvalue weighted by Crippen LogP contribution is -2.57. The molecule has 4 heteroatoms. The van der Waals surface area contributed by atoms with E-state index in [1.54, 1.807) is 6.92 Å². The number of carboxylic acids is 1. The second-order valence-electron chi connectivity index (χ2n) is 6.79. The number of rotatable bonds is 6. The Morgan fingerprint density at radius 1 is 1.29 bits per heavy atom. The van der Waals surface area contributed by atoms with E-state index in [2.05, 4.69) is 31.0 Å². The van der Waals surface area contributed by atoms with Gasteiger partial charge in [0.25, 0.3) is 0 Å². The summed E-state index contributed by atoms with van der Waals surface area (Å²) in [4.78, 5) is 13.5. The van der Waals surface area contributed by atoms with E-state index in [9.17, 15) is 9.90 Å². The number of carboxylic acid groups (broad SMARTS) is 1. The number of hydrogen-bond acceptors (Lipinski definition) is 3. The van der Waals surface area contributed by atoms with E-state index in [-0.39, 0.29) is 5.41 Å². The van der Waals surface area contributed by atoms with Gasteiger partial charge in [-0.3, -0.25) is 10.1 Å². The fraction of sp³-hybridized carbons (Fsp3) is 0.923. The van der Waals surface area contributed by atoms with Crippen LogP contribution in [-0.4, -0.2) is 47.7 Å². The third-order valence-electron chi connectivity index (χ3n) is 2.90. The van der Waals surface area contributed by atoms with Gasteiger partial charge >= 0.3 is 5.97 Å². The zero-order valence-corrected chi connectivity index (χ0v) is 11.7. The van der Waals surface area contributed by atoms with Gasteiger partial charge < -0.3 is 10.0 Å². The third-order valence-corrected chi connectivity index (χ3v) is 2.90. The summed E-state index contributed by atoms with van der Waals surface area (Å²) in [5.41, 5.74) is -0.644. The highest BCUT2D eigenvalue weighted by molar-refractivity contribution is 5.78. The molecule has 1 atom stereocenters. The number of nitrogens with one attached hydrogen (secondary N) is 1. The van der Waals surface area contributed by atoms with E-state index in [4.69, 9.17) is 0 Å². The highest BCUT2D eigenvalue weighted by Gasteiger charge is 2.39. The van der Waals surface area contributed by atoms with Gasteiger partial charge in [-0.15, -0.1) is 0 Å². The quantitative estimate of drug-likeness (QED) is 0.742. The second kappa shape index (κ2) is 4.94. The Bertz CT molecular complexity index is 282. The fourth-order valence-corrected chi connectivity index (χ4v) is 2.26. The highest BCUT2D eigenvalue weighted by Crippen LogP contribution is 2.24. The van der Waals surface area contributed by atoms with Gasteiger partial charge in [-0.25, -0.2) is 0 Å². The summed E-state index contributed by atoms with van der Waals surface area (Å²) in [5, 5.41) is 12.6. The molecule has 1 fully saturated rings. The molecule has 17 heavy (non-hydrogen) atoms. The van der Waals surface area contributed by atoms with Crippen LogP contribution in [0.3, 0.4) is 0 Å². The maximum Gasteiger partial charge on any atom is 0.324 e. The minimum Gasteiger partial charge on any atom is -0.480 e. The first-order valence-corrected chi connectivity index (χ1v) is 6.32. The molecule has 100 valence electrons. The predicted molar refractivity (Wildman–Crippen MR) is 69.2 cm³/mol. The van der Waals surface area contributed by atoms with Crippen molar-refractivity contribution in [3.05, 3.63) is 0 Å². The lowest BCUT2D eigenvalue weighted by atomic mass is 9.94. The maximum absolute atomic E-state index is 11.4. The summed E-state index contributed by atoms with van der Waals surface area (Å²) >= 11 is 0. The normalized spacial score (nSPS) is 20.4. The molecule has 0 saturated heterocycles. The molecule has 0 radical (unpaired) electrons. The topological polar surface area (TPSA) is 52.6 Å². The van der Waals surface area contributed by atoms with Crippen molar-refractivity contribution in [1.82, 2.24) is 10.2 Å². The maximum atomic E-state index is 11.4. The summed E-state index contributed by atoms with van der Waals surface area (Å²) in [7, 11) is 1.99. The summed E-state index contributed by atoms with van der Waals surface area (Å²) in [6.07, 6.45) is 2.21. The van der Waals surface area contributed by atoms with Crippen molar-refractivity contribution >= 4 is 5.97 Å². The Labute approximate surface area is 104 Å². The highest BCUT2D eigenvalue weighted by atomic mass is 16.4. The van der Waals surface area contributed by atoms with Crippen LogP contribution in [0, 0.1) is 5.41 Å². The number of carbonyl (C=O) groups is 1. The molecule has 1 aliphatic rings. The molecular formula is C13H26N2O2. The van der Waals surface area contributed by atoms with Crippen LogP contribution >= 0.6 is 0 Å². The average molecular weight is 242 g/mol. The van der Waals surface area contributed by atoms with Gasteiger partial charge in [0.2, 0.25) is 0 Å². The zero-order valence-electron chi connectivity index (χ0n) is 11.7. The van der Waals surface area contributed by atoms with Crippen LogP contribution in [0.2, 0.25) is 0 Å². The predicted octanol–water partition coefficient (Wildman–Crippen LogP) is 1.56. The van der Waals surface area contributed by atoms with Crippen LogP contribution in [0.1, 0.15) is 40.5 Å². The minimum absolute atomic E-state index is 0.188. The SMILES string of the molecule is CN(CC(C)(C)C)CC(C)(NC1CC1)C(=O)O. The molecule has 0 heterocycles. The Kier molecular flexibility index (Phi) is 4.20. The Morgan fingerprint density at radius 2 is 1.82 bits per heavy atom. The first-order valence-electron chi connectivity index (χ1n) is 6.32. The van der Waals surface area contributed by atoms with Crippen LogP contribution in [0.25, 0.3) is 0 Å². The van der Waals surface area contributed by atoms with Gasteiger partial charge in [-0.2, -0.15) is 0 Å². The number of aliphatic carboxylic acids is 1. The Hall–Kier alpha value is -0.610. The summed E-state index contributed by atoms with van der Waals surface area (Å²) in [6.45, 7) is 9.70. The summed E-state index contributed by atoms with van der Waals surface area (Å²) < 4.78 is 0. The van der Waals surface area contributed by atoms with Crippen LogP contribution in [0.4, 0.5) is 0 Å². The smallest absolute Gasteiger partial charge is 0.324 e. The molecule has 1 saturated carbocycles. The molecule has 0 aliphatic heterocycles. The molecule has 1 aliphatic carbocycles. The van der Waals surface area contributed by atoms with Gasteiger partial charge in [0.05, 0.1) is 0 Å². The lowest BCUT2D eigenvalue weighted by Gasteiger charge is -2.34. The monoisotopic (exact) mass is 242 g/mol. The van der Waals surface area contributed by atoms with Crippen molar-refractivity contribution in [3.8, 4) is 0 Å². The zero-order chi connectivity index (χ0) is 13.3. The molecule has 0 bridgehead atoms. The van der Waals surface area contributed by atoms with E-state index in [1.165, 1.54) is 0 Å². The van der Waals surface area contributed by atoms with Crippen molar-refractivity contribution in [2.45, 2.75) is 52.1 Å².